The van der Waals surface area contributed by atoms with Crippen molar-refractivity contribution in [2.24, 2.45) is 0 Å². The fraction of sp³-hybridized carbons (Fsp3) is 0.192. The lowest BCUT2D eigenvalue weighted by Gasteiger charge is -2.09. The summed E-state index contributed by atoms with van der Waals surface area (Å²) < 4.78 is 3.46. The van der Waals surface area contributed by atoms with Gasteiger partial charge >= 0.3 is 5.69 Å². The van der Waals surface area contributed by atoms with Crippen LogP contribution in [0, 0.1) is 0 Å². The summed E-state index contributed by atoms with van der Waals surface area (Å²) in [6.45, 7) is 2.57. The molecule has 3 heterocycles. The number of nitrogens with two attached hydrogens (primary N) is 1. The zero-order valence-corrected chi connectivity index (χ0v) is 19.4. The number of hydrogen-bond acceptors (Lipinski definition) is 6. The van der Waals surface area contributed by atoms with Gasteiger partial charge in [0.15, 0.2) is 5.82 Å². The molecule has 0 aliphatic rings. The molecule has 0 aliphatic heterocycles. The third kappa shape index (κ3) is 4.48. The van der Waals surface area contributed by atoms with E-state index in [1.54, 1.807) is 10.6 Å². The summed E-state index contributed by atoms with van der Waals surface area (Å²) in [5, 5.41) is 14.2. The van der Waals surface area contributed by atoms with E-state index in [1.807, 2.05) is 71.6 Å². The second-order valence-corrected chi connectivity index (χ2v) is 8.37. The van der Waals surface area contributed by atoms with E-state index < -0.39 is 0 Å². The van der Waals surface area contributed by atoms with Gasteiger partial charge in [-0.25, -0.2) is 9.89 Å². The SMILES string of the molecule is CCCCc1cn(-c2ccccc2N)c(=O)n1Cc1ccc(-c2ccccc2-c2nnn[nH]2)nc1. The predicted octanol–water partition coefficient (Wildman–Crippen LogP) is 3.85. The van der Waals surface area contributed by atoms with E-state index in [1.165, 1.54) is 0 Å². The number of nitrogens with zero attached hydrogens (tertiary/aromatic N) is 6. The minimum absolute atomic E-state index is 0.110. The summed E-state index contributed by atoms with van der Waals surface area (Å²) >= 11 is 0. The van der Waals surface area contributed by atoms with Gasteiger partial charge in [0.25, 0.3) is 0 Å². The van der Waals surface area contributed by atoms with Gasteiger partial charge in [-0.3, -0.25) is 14.1 Å². The highest BCUT2D eigenvalue weighted by Gasteiger charge is 2.15. The maximum absolute atomic E-state index is 13.4. The Balaban J connectivity index is 1.47. The number of benzene rings is 2. The number of rotatable bonds is 8. The number of imidazole rings is 1. The first-order valence-electron chi connectivity index (χ1n) is 11.6. The van der Waals surface area contributed by atoms with E-state index in [-0.39, 0.29) is 5.69 Å². The highest BCUT2D eigenvalue weighted by molar-refractivity contribution is 5.78. The molecule has 5 aromatic rings. The summed E-state index contributed by atoms with van der Waals surface area (Å²) in [5.74, 6) is 0.583. The molecule has 0 radical (unpaired) electrons. The second-order valence-electron chi connectivity index (χ2n) is 8.37. The average molecular weight is 467 g/mol. The van der Waals surface area contributed by atoms with E-state index >= 15 is 0 Å². The highest BCUT2D eigenvalue weighted by atomic mass is 16.1. The number of aromatic amines is 1. The monoisotopic (exact) mass is 466 g/mol. The third-order valence-electron chi connectivity index (χ3n) is 6.01. The van der Waals surface area contributed by atoms with Crippen molar-refractivity contribution in [2.45, 2.75) is 32.7 Å². The van der Waals surface area contributed by atoms with E-state index in [4.69, 9.17) is 10.7 Å². The smallest absolute Gasteiger partial charge is 0.333 e. The Morgan fingerprint density at radius 3 is 2.51 bits per heavy atom. The molecule has 0 amide bonds. The number of hydrogen-bond donors (Lipinski definition) is 2. The number of pyridine rings is 1. The fourth-order valence-electron chi connectivity index (χ4n) is 4.18. The number of para-hydroxylation sites is 2. The van der Waals surface area contributed by atoms with Crippen LogP contribution in [0.3, 0.4) is 0 Å². The van der Waals surface area contributed by atoms with Gasteiger partial charge in [-0.1, -0.05) is 55.8 Å². The van der Waals surface area contributed by atoms with E-state index in [0.717, 1.165) is 47.3 Å². The number of aryl methyl sites for hydroxylation is 1. The molecule has 0 bridgehead atoms. The van der Waals surface area contributed by atoms with Gasteiger partial charge in [-0.05, 0) is 47.0 Å². The Hall–Kier alpha value is -4.53. The summed E-state index contributed by atoms with van der Waals surface area (Å²) in [6, 6.07) is 19.2. The van der Waals surface area contributed by atoms with Crippen LogP contribution in [0.1, 0.15) is 31.0 Å². The number of anilines is 1. The summed E-state index contributed by atoms with van der Waals surface area (Å²) in [6.07, 6.45) is 6.58. The zero-order chi connectivity index (χ0) is 24.2. The van der Waals surface area contributed by atoms with Crippen molar-refractivity contribution < 1.29 is 0 Å². The van der Waals surface area contributed by atoms with Crippen molar-refractivity contribution in [3.05, 3.63) is 94.8 Å². The molecule has 0 fully saturated rings. The van der Waals surface area contributed by atoms with Gasteiger partial charge in [0, 0.05) is 29.2 Å². The Morgan fingerprint density at radius 2 is 1.80 bits per heavy atom. The molecule has 0 spiro atoms. The van der Waals surface area contributed by atoms with Gasteiger partial charge < -0.3 is 5.73 Å². The van der Waals surface area contributed by atoms with Crippen molar-refractivity contribution in [1.29, 1.82) is 0 Å². The quantitative estimate of drug-likeness (QED) is 0.335. The lowest BCUT2D eigenvalue weighted by molar-refractivity contribution is 0.673. The van der Waals surface area contributed by atoms with Crippen molar-refractivity contribution >= 4 is 5.69 Å². The standard InChI is InChI=1S/C26H26N8O/c1-2-3-8-19-17-34(24-12-7-6-11-22(24)27)26(35)33(19)16-18-13-14-23(28-15-18)20-9-4-5-10-21(20)25-29-31-32-30-25/h4-7,9-15,17H,2-3,8,16,27H2,1H3,(H,29,30,31,32). The molecule has 0 aliphatic carbocycles. The van der Waals surface area contributed by atoms with Crippen molar-refractivity contribution in [2.75, 3.05) is 5.73 Å². The van der Waals surface area contributed by atoms with Gasteiger partial charge in [-0.2, -0.15) is 0 Å². The first-order valence-corrected chi connectivity index (χ1v) is 11.6. The zero-order valence-electron chi connectivity index (χ0n) is 19.4. The van der Waals surface area contributed by atoms with Crippen LogP contribution in [0.25, 0.3) is 28.3 Å². The maximum atomic E-state index is 13.4. The van der Waals surface area contributed by atoms with E-state index in [2.05, 4.69) is 27.5 Å². The Morgan fingerprint density at radius 1 is 1.00 bits per heavy atom. The molecule has 5 rings (SSSR count). The Labute approximate surface area is 202 Å². The minimum Gasteiger partial charge on any atom is -0.397 e. The molecule has 2 aromatic carbocycles. The average Bonchev–Trinajstić information content (AvgIpc) is 3.53. The lowest BCUT2D eigenvalue weighted by atomic mass is 10.0. The predicted molar refractivity (Wildman–Crippen MR) is 135 cm³/mol. The number of tetrazole rings is 1. The van der Waals surface area contributed by atoms with Crippen LogP contribution in [-0.2, 0) is 13.0 Å². The van der Waals surface area contributed by atoms with E-state index in [0.29, 0.717) is 23.7 Å². The highest BCUT2D eigenvalue weighted by Crippen LogP contribution is 2.28. The van der Waals surface area contributed by atoms with Crippen LogP contribution in [0.4, 0.5) is 5.69 Å². The molecule has 35 heavy (non-hydrogen) atoms. The lowest BCUT2D eigenvalue weighted by Crippen LogP contribution is -2.25. The summed E-state index contributed by atoms with van der Waals surface area (Å²) in [5.41, 5.74) is 11.8. The van der Waals surface area contributed by atoms with E-state index in [9.17, 15) is 4.79 Å². The number of H-pyrrole nitrogens is 1. The van der Waals surface area contributed by atoms with Gasteiger partial charge in [0.05, 0.1) is 23.6 Å². The summed E-state index contributed by atoms with van der Waals surface area (Å²) in [7, 11) is 0. The minimum atomic E-state index is -0.110. The van der Waals surface area contributed by atoms with Crippen molar-refractivity contribution in [1.82, 2.24) is 34.7 Å². The molecule has 0 saturated carbocycles. The van der Waals surface area contributed by atoms with Crippen LogP contribution < -0.4 is 11.4 Å². The third-order valence-corrected chi connectivity index (χ3v) is 6.01. The Kier molecular flexibility index (Phi) is 6.21. The van der Waals surface area contributed by atoms with Crippen molar-refractivity contribution in [3.8, 4) is 28.3 Å². The van der Waals surface area contributed by atoms with Crippen LogP contribution in [0.5, 0.6) is 0 Å². The normalized spacial score (nSPS) is 11.1. The first kappa shape index (κ1) is 22.3. The van der Waals surface area contributed by atoms with Crippen LogP contribution in [-0.4, -0.2) is 34.7 Å². The molecular formula is C26H26N8O. The molecule has 9 nitrogen and oxygen atoms in total. The molecule has 9 heteroatoms. The van der Waals surface area contributed by atoms with Gasteiger partial charge in [0.1, 0.15) is 0 Å². The molecule has 0 unspecified atom stereocenters. The van der Waals surface area contributed by atoms with Crippen LogP contribution in [0.2, 0.25) is 0 Å². The maximum Gasteiger partial charge on any atom is 0.333 e. The number of nitrogen functional groups attached to an aromatic ring is 1. The number of nitrogens with one attached hydrogen (secondary N) is 1. The molecule has 3 aromatic heterocycles. The summed E-state index contributed by atoms with van der Waals surface area (Å²) in [4.78, 5) is 18.1. The molecular weight excluding hydrogens is 440 g/mol. The van der Waals surface area contributed by atoms with Crippen LogP contribution in [0.15, 0.2) is 77.9 Å². The fourth-order valence-corrected chi connectivity index (χ4v) is 4.18. The first-order chi connectivity index (χ1) is 17.2. The molecule has 0 atom stereocenters. The largest absolute Gasteiger partial charge is 0.397 e. The molecule has 0 saturated heterocycles. The van der Waals surface area contributed by atoms with Gasteiger partial charge in [0.2, 0.25) is 0 Å². The van der Waals surface area contributed by atoms with Gasteiger partial charge in [-0.15, -0.1) is 5.10 Å². The topological polar surface area (TPSA) is 120 Å². The van der Waals surface area contributed by atoms with Crippen molar-refractivity contribution in [3.63, 3.8) is 0 Å². The number of unbranched alkanes of at least 4 members (excludes halogenated alkanes) is 1. The molecule has 3 N–H and O–H groups in total. The number of aromatic nitrogens is 7. The molecule has 176 valence electrons. The Bertz CT molecular complexity index is 1480. The second kappa shape index (κ2) is 9.76. The van der Waals surface area contributed by atoms with Crippen LogP contribution >= 0.6 is 0 Å².